The van der Waals surface area contributed by atoms with Crippen molar-refractivity contribution in [2.24, 2.45) is 0 Å². The van der Waals surface area contributed by atoms with Gasteiger partial charge in [-0.15, -0.1) is 5.10 Å². The number of hydrogen-bond acceptors (Lipinski definition) is 4. The number of carboxylic acids is 1. The number of amides is 1. The summed E-state index contributed by atoms with van der Waals surface area (Å²) in [5.41, 5.74) is 0.640. The van der Waals surface area contributed by atoms with E-state index in [1.807, 2.05) is 19.1 Å². The number of halogens is 1. The zero-order chi connectivity index (χ0) is 18.0. The Morgan fingerprint density at radius 1 is 1.32 bits per heavy atom. The van der Waals surface area contributed by atoms with Crippen molar-refractivity contribution in [3.8, 4) is 5.69 Å². The highest BCUT2D eigenvalue weighted by Gasteiger charge is 2.34. The van der Waals surface area contributed by atoms with Crippen LogP contribution in [0.3, 0.4) is 0 Å². The van der Waals surface area contributed by atoms with Crippen LogP contribution < -0.4 is 0 Å². The van der Waals surface area contributed by atoms with Gasteiger partial charge in [-0.1, -0.05) is 30.7 Å². The number of carboxylic acid groups (broad SMARTS) is 1. The van der Waals surface area contributed by atoms with E-state index < -0.39 is 17.9 Å². The molecule has 1 amide bonds. The van der Waals surface area contributed by atoms with Crippen LogP contribution in [0.1, 0.15) is 42.6 Å². The van der Waals surface area contributed by atoms with Crippen LogP contribution in [0.2, 0.25) is 5.02 Å². The molecule has 8 heteroatoms. The van der Waals surface area contributed by atoms with Crippen molar-refractivity contribution in [1.82, 2.24) is 19.7 Å². The van der Waals surface area contributed by atoms with Gasteiger partial charge in [-0.3, -0.25) is 4.79 Å². The van der Waals surface area contributed by atoms with E-state index in [1.165, 1.54) is 4.90 Å². The quantitative estimate of drug-likeness (QED) is 0.903. The van der Waals surface area contributed by atoms with E-state index in [2.05, 4.69) is 10.1 Å². The van der Waals surface area contributed by atoms with E-state index in [1.54, 1.807) is 16.8 Å². The number of aromatic nitrogens is 3. The summed E-state index contributed by atoms with van der Waals surface area (Å²) in [5.74, 6) is -0.841. The van der Waals surface area contributed by atoms with E-state index in [0.717, 1.165) is 12.8 Å². The summed E-state index contributed by atoms with van der Waals surface area (Å²) in [6, 6.07) is 6.36. The Balaban J connectivity index is 1.97. The summed E-state index contributed by atoms with van der Waals surface area (Å²) in [4.78, 5) is 29.9. The van der Waals surface area contributed by atoms with Gasteiger partial charge in [0.25, 0.3) is 5.91 Å². The molecule has 2 aromatic rings. The molecule has 1 unspecified atom stereocenters. The Morgan fingerprint density at radius 2 is 2.08 bits per heavy atom. The molecule has 0 aliphatic carbocycles. The molecule has 1 saturated heterocycles. The van der Waals surface area contributed by atoms with E-state index in [0.29, 0.717) is 35.9 Å². The summed E-state index contributed by atoms with van der Waals surface area (Å²) in [5, 5.41) is 14.2. The van der Waals surface area contributed by atoms with Crippen LogP contribution >= 0.6 is 11.6 Å². The lowest BCUT2D eigenvalue weighted by Gasteiger charge is -2.31. The number of nitrogens with zero attached hydrogens (tertiary/aromatic N) is 4. The first-order valence-electron chi connectivity index (χ1n) is 8.27. The molecule has 0 radical (unpaired) electrons. The first-order valence-corrected chi connectivity index (χ1v) is 8.65. The molecule has 0 spiro atoms. The number of carbonyl (C=O) groups is 2. The van der Waals surface area contributed by atoms with Crippen molar-refractivity contribution in [3.63, 3.8) is 0 Å². The van der Waals surface area contributed by atoms with Crippen LogP contribution in [0.25, 0.3) is 5.69 Å². The van der Waals surface area contributed by atoms with Crippen molar-refractivity contribution in [1.29, 1.82) is 0 Å². The van der Waals surface area contributed by atoms with Crippen LogP contribution in [0.5, 0.6) is 0 Å². The van der Waals surface area contributed by atoms with Gasteiger partial charge in [-0.2, -0.15) is 0 Å². The minimum Gasteiger partial charge on any atom is -0.480 e. The molecule has 1 atom stereocenters. The second kappa shape index (κ2) is 7.23. The summed E-state index contributed by atoms with van der Waals surface area (Å²) < 4.78 is 1.55. The molecule has 7 nitrogen and oxygen atoms in total. The molecule has 0 bridgehead atoms. The van der Waals surface area contributed by atoms with Gasteiger partial charge in [0.2, 0.25) is 5.82 Å². The SMILES string of the molecule is CCc1nc(C(=O)N2CCCCC2C(=O)O)nn1-c1ccccc1Cl. The van der Waals surface area contributed by atoms with E-state index >= 15 is 0 Å². The highest BCUT2D eigenvalue weighted by molar-refractivity contribution is 6.32. The van der Waals surface area contributed by atoms with E-state index in [9.17, 15) is 14.7 Å². The molecular formula is C17H19ClN4O3. The molecule has 25 heavy (non-hydrogen) atoms. The van der Waals surface area contributed by atoms with Crippen molar-refractivity contribution >= 4 is 23.5 Å². The third-order valence-corrected chi connectivity index (χ3v) is 4.63. The maximum atomic E-state index is 12.8. The van der Waals surface area contributed by atoms with Crippen molar-refractivity contribution < 1.29 is 14.7 Å². The van der Waals surface area contributed by atoms with Gasteiger partial charge in [0.15, 0.2) is 0 Å². The minimum atomic E-state index is -0.991. The molecule has 1 aromatic heterocycles. The lowest BCUT2D eigenvalue weighted by atomic mass is 10.0. The Kier molecular flexibility index (Phi) is 5.03. The predicted molar refractivity (Wildman–Crippen MR) is 92.1 cm³/mol. The summed E-state index contributed by atoms with van der Waals surface area (Å²) >= 11 is 6.23. The lowest BCUT2D eigenvalue weighted by molar-refractivity contribution is -0.143. The Bertz CT molecular complexity index is 805. The average molecular weight is 363 g/mol. The number of para-hydroxylation sites is 1. The fourth-order valence-corrected chi connectivity index (χ4v) is 3.26. The Hall–Kier alpha value is -2.41. The van der Waals surface area contributed by atoms with Crippen molar-refractivity contribution in [2.75, 3.05) is 6.54 Å². The number of aryl methyl sites for hydroxylation is 1. The van der Waals surface area contributed by atoms with Crippen LogP contribution in [0, 0.1) is 0 Å². The Labute approximate surface area is 150 Å². The zero-order valence-corrected chi connectivity index (χ0v) is 14.6. The fraction of sp³-hybridized carbons (Fsp3) is 0.412. The van der Waals surface area contributed by atoms with E-state index in [4.69, 9.17) is 11.6 Å². The normalized spacial score (nSPS) is 17.5. The largest absolute Gasteiger partial charge is 0.480 e. The first-order chi connectivity index (χ1) is 12.0. The van der Waals surface area contributed by atoms with Gasteiger partial charge in [0, 0.05) is 13.0 Å². The van der Waals surface area contributed by atoms with Crippen LogP contribution in [-0.2, 0) is 11.2 Å². The highest BCUT2D eigenvalue weighted by atomic mass is 35.5. The molecule has 132 valence electrons. The molecule has 2 heterocycles. The highest BCUT2D eigenvalue weighted by Crippen LogP contribution is 2.23. The standard InChI is InChI=1S/C17H19ClN4O3/c1-2-14-19-15(20-22(14)12-8-4-3-7-11(12)18)16(23)21-10-6-5-9-13(21)17(24)25/h3-4,7-8,13H,2,5-6,9-10H2,1H3,(H,24,25). The number of benzene rings is 1. The fourth-order valence-electron chi connectivity index (χ4n) is 3.04. The number of hydrogen-bond donors (Lipinski definition) is 1. The maximum Gasteiger partial charge on any atom is 0.326 e. The third kappa shape index (κ3) is 3.37. The summed E-state index contributed by atoms with van der Waals surface area (Å²) in [6.45, 7) is 2.31. The van der Waals surface area contributed by atoms with Crippen LogP contribution in [0.15, 0.2) is 24.3 Å². The van der Waals surface area contributed by atoms with Crippen molar-refractivity contribution in [3.05, 3.63) is 40.9 Å². The van der Waals surface area contributed by atoms with Gasteiger partial charge >= 0.3 is 5.97 Å². The first kappa shape index (κ1) is 17.4. The molecule has 1 fully saturated rings. The number of piperidine rings is 1. The predicted octanol–water partition coefficient (Wildman–Crippen LogP) is 2.56. The number of carbonyl (C=O) groups excluding carboxylic acids is 1. The topological polar surface area (TPSA) is 88.3 Å². The average Bonchev–Trinajstić information content (AvgIpc) is 3.05. The summed E-state index contributed by atoms with van der Waals surface area (Å²) in [6.07, 6.45) is 2.59. The monoisotopic (exact) mass is 362 g/mol. The molecule has 1 aliphatic rings. The minimum absolute atomic E-state index is 0.00456. The van der Waals surface area contributed by atoms with Crippen molar-refractivity contribution in [2.45, 2.75) is 38.6 Å². The smallest absolute Gasteiger partial charge is 0.326 e. The molecule has 3 rings (SSSR count). The van der Waals surface area contributed by atoms with Crippen LogP contribution in [0.4, 0.5) is 0 Å². The zero-order valence-electron chi connectivity index (χ0n) is 13.9. The van der Waals surface area contributed by atoms with Crippen LogP contribution in [-0.4, -0.2) is 49.2 Å². The molecule has 1 aromatic carbocycles. The molecule has 1 aliphatic heterocycles. The van der Waals surface area contributed by atoms with E-state index in [-0.39, 0.29) is 5.82 Å². The molecular weight excluding hydrogens is 344 g/mol. The summed E-state index contributed by atoms with van der Waals surface area (Å²) in [7, 11) is 0. The van der Waals surface area contributed by atoms with Gasteiger partial charge < -0.3 is 10.0 Å². The van der Waals surface area contributed by atoms with Gasteiger partial charge in [0.1, 0.15) is 11.9 Å². The number of likely N-dealkylation sites (tertiary alicyclic amines) is 1. The number of rotatable bonds is 4. The molecule has 0 saturated carbocycles. The van der Waals surface area contributed by atoms with Gasteiger partial charge in [0.05, 0.1) is 10.7 Å². The number of aliphatic carboxylic acids is 1. The Morgan fingerprint density at radius 3 is 2.76 bits per heavy atom. The third-order valence-electron chi connectivity index (χ3n) is 4.31. The van der Waals surface area contributed by atoms with Gasteiger partial charge in [-0.25, -0.2) is 14.5 Å². The van der Waals surface area contributed by atoms with Gasteiger partial charge in [-0.05, 0) is 31.4 Å². The lowest BCUT2D eigenvalue weighted by Crippen LogP contribution is -2.48. The second-order valence-corrected chi connectivity index (χ2v) is 6.32. The maximum absolute atomic E-state index is 12.8. The second-order valence-electron chi connectivity index (χ2n) is 5.92. The molecule has 1 N–H and O–H groups in total.